The van der Waals surface area contributed by atoms with Crippen LogP contribution in [0.5, 0.6) is 0 Å². The van der Waals surface area contributed by atoms with Gasteiger partial charge in [0, 0.05) is 18.1 Å². The molecule has 3 rings (SSSR count). The molecule has 0 radical (unpaired) electrons. The van der Waals surface area contributed by atoms with E-state index in [1.165, 1.54) is 22.1 Å². The van der Waals surface area contributed by atoms with Crippen LogP contribution in [0.3, 0.4) is 0 Å². The lowest BCUT2D eigenvalue weighted by Crippen LogP contribution is -2.00. The van der Waals surface area contributed by atoms with Gasteiger partial charge in [0.05, 0.1) is 11.2 Å². The van der Waals surface area contributed by atoms with Gasteiger partial charge in [-0.05, 0) is 42.7 Å². The number of anilines is 1. The summed E-state index contributed by atoms with van der Waals surface area (Å²) in [6, 6.07) is 14.8. The summed E-state index contributed by atoms with van der Waals surface area (Å²) in [7, 11) is 0. The highest BCUT2D eigenvalue weighted by Crippen LogP contribution is 2.23. The molecule has 0 saturated heterocycles. The highest BCUT2D eigenvalue weighted by atomic mass is 15.0. The van der Waals surface area contributed by atoms with Crippen molar-refractivity contribution in [3.8, 4) is 0 Å². The predicted octanol–water partition coefficient (Wildman–Crippen LogP) is 3.89. The van der Waals surface area contributed by atoms with Gasteiger partial charge in [-0.1, -0.05) is 30.3 Å². The van der Waals surface area contributed by atoms with Crippen molar-refractivity contribution in [1.82, 2.24) is 4.57 Å². The summed E-state index contributed by atoms with van der Waals surface area (Å²) in [4.78, 5) is 0. The van der Waals surface area contributed by atoms with E-state index in [1.807, 2.05) is 12.1 Å². The van der Waals surface area contributed by atoms with Gasteiger partial charge in [0.15, 0.2) is 0 Å². The molecule has 0 aliphatic carbocycles. The smallest absolute Gasteiger partial charge is 0.0716 e. The van der Waals surface area contributed by atoms with E-state index in [2.05, 4.69) is 54.9 Å². The molecular formula is C17H18N2. The lowest BCUT2D eigenvalue weighted by Gasteiger charge is -2.09. The first-order valence-electron chi connectivity index (χ1n) is 6.54. The SMILES string of the molecule is Cc1ccc(Cn2ccc3cccc(N)c32)cc1C. The van der Waals surface area contributed by atoms with Crippen molar-refractivity contribution in [3.05, 3.63) is 65.4 Å². The van der Waals surface area contributed by atoms with Crippen LogP contribution in [0.1, 0.15) is 16.7 Å². The van der Waals surface area contributed by atoms with E-state index in [0.29, 0.717) is 0 Å². The molecule has 0 atom stereocenters. The maximum Gasteiger partial charge on any atom is 0.0716 e. The monoisotopic (exact) mass is 250 g/mol. The Hall–Kier alpha value is -2.22. The molecular weight excluding hydrogens is 232 g/mol. The molecule has 96 valence electrons. The van der Waals surface area contributed by atoms with Gasteiger partial charge < -0.3 is 10.3 Å². The Bertz CT molecular complexity index is 738. The third-order valence-corrected chi connectivity index (χ3v) is 3.74. The summed E-state index contributed by atoms with van der Waals surface area (Å²) in [6.45, 7) is 5.15. The Morgan fingerprint density at radius 2 is 1.84 bits per heavy atom. The van der Waals surface area contributed by atoms with Crippen LogP contribution in [0.25, 0.3) is 10.9 Å². The molecule has 1 aromatic heterocycles. The Morgan fingerprint density at radius 1 is 1.00 bits per heavy atom. The zero-order valence-corrected chi connectivity index (χ0v) is 11.4. The molecule has 0 spiro atoms. The van der Waals surface area contributed by atoms with Crippen molar-refractivity contribution >= 4 is 16.6 Å². The highest BCUT2D eigenvalue weighted by Gasteiger charge is 2.05. The standard InChI is InChI=1S/C17H18N2/c1-12-6-7-14(10-13(12)2)11-19-9-8-15-4-3-5-16(18)17(15)19/h3-10H,11,18H2,1-2H3. The van der Waals surface area contributed by atoms with Crippen molar-refractivity contribution in [3.63, 3.8) is 0 Å². The van der Waals surface area contributed by atoms with Gasteiger partial charge in [-0.3, -0.25) is 0 Å². The topological polar surface area (TPSA) is 30.9 Å². The summed E-state index contributed by atoms with van der Waals surface area (Å²) < 4.78 is 2.22. The van der Waals surface area contributed by atoms with E-state index < -0.39 is 0 Å². The maximum atomic E-state index is 6.09. The zero-order valence-electron chi connectivity index (χ0n) is 11.4. The summed E-state index contributed by atoms with van der Waals surface area (Å²) >= 11 is 0. The molecule has 0 aliphatic rings. The van der Waals surface area contributed by atoms with Gasteiger partial charge >= 0.3 is 0 Å². The molecule has 2 heteroatoms. The van der Waals surface area contributed by atoms with E-state index in [0.717, 1.165) is 17.7 Å². The Balaban J connectivity index is 2.03. The number of aryl methyl sites for hydroxylation is 2. The van der Waals surface area contributed by atoms with Crippen LogP contribution < -0.4 is 5.73 Å². The van der Waals surface area contributed by atoms with E-state index in [9.17, 15) is 0 Å². The van der Waals surface area contributed by atoms with E-state index >= 15 is 0 Å². The van der Waals surface area contributed by atoms with Crippen molar-refractivity contribution < 1.29 is 0 Å². The molecule has 0 fully saturated rings. The predicted molar refractivity (Wildman–Crippen MR) is 81.4 cm³/mol. The van der Waals surface area contributed by atoms with Gasteiger partial charge in [-0.2, -0.15) is 0 Å². The summed E-state index contributed by atoms with van der Waals surface area (Å²) in [5, 5.41) is 1.20. The van der Waals surface area contributed by atoms with Crippen molar-refractivity contribution in [2.24, 2.45) is 0 Å². The Labute approximate surface area is 113 Å². The molecule has 0 unspecified atom stereocenters. The number of nitrogen functional groups attached to an aromatic ring is 1. The summed E-state index contributed by atoms with van der Waals surface area (Å²) in [5.41, 5.74) is 12.0. The second kappa shape index (κ2) is 4.47. The lowest BCUT2D eigenvalue weighted by atomic mass is 10.1. The van der Waals surface area contributed by atoms with Crippen LogP contribution in [0, 0.1) is 13.8 Å². The number of nitrogens with two attached hydrogens (primary N) is 1. The molecule has 0 saturated carbocycles. The Kier molecular flexibility index (Phi) is 2.79. The van der Waals surface area contributed by atoms with Crippen LogP contribution in [-0.4, -0.2) is 4.57 Å². The van der Waals surface area contributed by atoms with Gasteiger partial charge in [0.1, 0.15) is 0 Å². The third kappa shape index (κ3) is 2.10. The minimum Gasteiger partial charge on any atom is -0.397 e. The summed E-state index contributed by atoms with van der Waals surface area (Å²) in [6.07, 6.45) is 2.11. The second-order valence-corrected chi connectivity index (χ2v) is 5.15. The number of aromatic nitrogens is 1. The molecule has 2 N–H and O–H groups in total. The lowest BCUT2D eigenvalue weighted by molar-refractivity contribution is 0.836. The molecule has 2 aromatic carbocycles. The van der Waals surface area contributed by atoms with Crippen LogP contribution in [0.4, 0.5) is 5.69 Å². The molecule has 1 heterocycles. The zero-order chi connectivity index (χ0) is 13.4. The Morgan fingerprint density at radius 3 is 2.63 bits per heavy atom. The van der Waals surface area contributed by atoms with E-state index in [1.54, 1.807) is 0 Å². The van der Waals surface area contributed by atoms with Gasteiger partial charge in [0.2, 0.25) is 0 Å². The molecule has 3 aromatic rings. The number of hydrogen-bond donors (Lipinski definition) is 1. The fourth-order valence-electron chi connectivity index (χ4n) is 2.52. The normalized spacial score (nSPS) is 11.1. The molecule has 2 nitrogen and oxygen atoms in total. The second-order valence-electron chi connectivity index (χ2n) is 5.15. The van der Waals surface area contributed by atoms with E-state index in [-0.39, 0.29) is 0 Å². The van der Waals surface area contributed by atoms with Crippen molar-refractivity contribution in [2.45, 2.75) is 20.4 Å². The molecule has 0 bridgehead atoms. The van der Waals surface area contributed by atoms with Gasteiger partial charge in [0.25, 0.3) is 0 Å². The number of nitrogens with zero attached hydrogens (tertiary/aromatic N) is 1. The number of rotatable bonds is 2. The minimum atomic E-state index is 0.839. The van der Waals surface area contributed by atoms with Crippen LogP contribution in [0.15, 0.2) is 48.7 Å². The minimum absolute atomic E-state index is 0.839. The average molecular weight is 250 g/mol. The number of para-hydroxylation sites is 1. The first-order chi connectivity index (χ1) is 9.15. The quantitative estimate of drug-likeness (QED) is 0.687. The summed E-state index contributed by atoms with van der Waals surface area (Å²) in [5.74, 6) is 0. The fourth-order valence-corrected chi connectivity index (χ4v) is 2.52. The average Bonchev–Trinajstić information content (AvgIpc) is 2.79. The van der Waals surface area contributed by atoms with Crippen LogP contribution in [-0.2, 0) is 6.54 Å². The van der Waals surface area contributed by atoms with Crippen molar-refractivity contribution in [2.75, 3.05) is 5.73 Å². The number of hydrogen-bond acceptors (Lipinski definition) is 1. The van der Waals surface area contributed by atoms with Crippen LogP contribution >= 0.6 is 0 Å². The highest BCUT2D eigenvalue weighted by molar-refractivity contribution is 5.90. The fraction of sp³-hybridized carbons (Fsp3) is 0.176. The van der Waals surface area contributed by atoms with Crippen molar-refractivity contribution in [1.29, 1.82) is 0 Å². The largest absolute Gasteiger partial charge is 0.397 e. The first kappa shape index (κ1) is 11.8. The van der Waals surface area contributed by atoms with Crippen LogP contribution in [0.2, 0.25) is 0 Å². The molecule has 0 amide bonds. The first-order valence-corrected chi connectivity index (χ1v) is 6.54. The third-order valence-electron chi connectivity index (χ3n) is 3.74. The maximum absolute atomic E-state index is 6.09. The number of fused-ring (bicyclic) bond motifs is 1. The number of benzene rings is 2. The van der Waals surface area contributed by atoms with Gasteiger partial charge in [-0.25, -0.2) is 0 Å². The van der Waals surface area contributed by atoms with E-state index in [4.69, 9.17) is 5.73 Å². The molecule has 0 aliphatic heterocycles. The van der Waals surface area contributed by atoms with Gasteiger partial charge in [-0.15, -0.1) is 0 Å². The molecule has 19 heavy (non-hydrogen) atoms.